The maximum atomic E-state index is 10.3. The fourth-order valence-electron chi connectivity index (χ4n) is 2.85. The minimum absolute atomic E-state index is 0.835. The molecule has 1 aliphatic rings. The fraction of sp³-hybridized carbons (Fsp3) is 0.722. The van der Waals surface area contributed by atoms with Crippen molar-refractivity contribution in [1.29, 1.82) is 0 Å². The second-order valence-corrected chi connectivity index (χ2v) is 5.91. The van der Waals surface area contributed by atoms with Gasteiger partial charge in [0.1, 0.15) is 0 Å². The molecule has 20 heavy (non-hydrogen) atoms. The highest BCUT2D eigenvalue weighted by Crippen LogP contribution is 2.23. The summed E-state index contributed by atoms with van der Waals surface area (Å²) >= 11 is 0. The predicted octanol–water partition coefficient (Wildman–Crippen LogP) is 5.49. The first kappa shape index (κ1) is 17.0. The summed E-state index contributed by atoms with van der Waals surface area (Å²) < 4.78 is 0. The lowest BCUT2D eigenvalue weighted by molar-refractivity contribution is -0.131. The molecule has 0 radical (unpaired) electrons. The Morgan fingerprint density at radius 3 is 2.30 bits per heavy atom. The quantitative estimate of drug-likeness (QED) is 0.291. The Balaban J connectivity index is 1.74. The summed E-state index contributed by atoms with van der Waals surface area (Å²) in [6, 6.07) is 0. The van der Waals surface area contributed by atoms with Gasteiger partial charge in [0.15, 0.2) is 0 Å². The average molecular weight is 278 g/mol. The third-order valence-corrected chi connectivity index (χ3v) is 4.07. The van der Waals surface area contributed by atoms with Crippen LogP contribution in [0.3, 0.4) is 0 Å². The lowest BCUT2D eigenvalue weighted by Crippen LogP contribution is -1.91. The number of rotatable bonds is 12. The van der Waals surface area contributed by atoms with E-state index in [0.29, 0.717) is 0 Å². The molecule has 2 nitrogen and oxygen atoms in total. The van der Waals surface area contributed by atoms with Crippen molar-refractivity contribution in [3.8, 4) is 0 Å². The van der Waals surface area contributed by atoms with Crippen molar-refractivity contribution < 1.29 is 9.90 Å². The smallest absolute Gasteiger partial charge is 0.327 e. The zero-order valence-electron chi connectivity index (χ0n) is 12.7. The molecule has 0 aromatic rings. The monoisotopic (exact) mass is 278 g/mol. The van der Waals surface area contributed by atoms with Gasteiger partial charge in [-0.2, -0.15) is 0 Å². The van der Waals surface area contributed by atoms with Crippen LogP contribution in [0.1, 0.15) is 77.0 Å². The third kappa shape index (κ3) is 9.82. The summed E-state index contributed by atoms with van der Waals surface area (Å²) in [5.74, 6) is 0.0481. The summed E-state index contributed by atoms with van der Waals surface area (Å²) in [6.45, 7) is 0. The molecule has 1 rings (SSSR count). The van der Waals surface area contributed by atoms with E-state index >= 15 is 0 Å². The number of aliphatic carboxylic acids is 1. The molecule has 0 bridgehead atoms. The van der Waals surface area contributed by atoms with Gasteiger partial charge in [0.25, 0.3) is 0 Å². The van der Waals surface area contributed by atoms with E-state index in [-0.39, 0.29) is 0 Å². The molecule has 0 saturated carbocycles. The number of hydrogen-bond acceptors (Lipinski definition) is 1. The van der Waals surface area contributed by atoms with E-state index in [2.05, 4.69) is 12.2 Å². The molecule has 0 aromatic carbocycles. The zero-order chi connectivity index (χ0) is 14.5. The Bertz CT molecular complexity index is 305. The first-order valence-corrected chi connectivity index (χ1v) is 8.35. The van der Waals surface area contributed by atoms with E-state index in [4.69, 9.17) is 5.11 Å². The van der Waals surface area contributed by atoms with Crippen LogP contribution in [0, 0.1) is 5.92 Å². The summed E-state index contributed by atoms with van der Waals surface area (Å²) in [6.07, 6.45) is 23.3. The van der Waals surface area contributed by atoms with Gasteiger partial charge in [-0.15, -0.1) is 0 Å². The highest BCUT2D eigenvalue weighted by atomic mass is 16.4. The molecule has 0 spiro atoms. The third-order valence-electron chi connectivity index (χ3n) is 4.07. The van der Waals surface area contributed by atoms with Crippen LogP contribution in [0.15, 0.2) is 24.3 Å². The predicted molar refractivity (Wildman–Crippen MR) is 84.8 cm³/mol. The maximum Gasteiger partial charge on any atom is 0.327 e. The summed E-state index contributed by atoms with van der Waals surface area (Å²) in [4.78, 5) is 10.3. The van der Waals surface area contributed by atoms with E-state index in [1.54, 1.807) is 6.08 Å². The van der Waals surface area contributed by atoms with Crippen LogP contribution in [0.5, 0.6) is 0 Å². The molecule has 0 heterocycles. The lowest BCUT2D eigenvalue weighted by atomic mass is 9.99. The van der Waals surface area contributed by atoms with Gasteiger partial charge in [-0.3, -0.25) is 0 Å². The highest BCUT2D eigenvalue weighted by molar-refractivity contribution is 5.79. The lowest BCUT2D eigenvalue weighted by Gasteiger charge is -2.06. The van der Waals surface area contributed by atoms with Crippen LogP contribution >= 0.6 is 0 Å². The SMILES string of the molecule is O=C(O)/C=C/CCCCCCCCCCC1C=CCC1. The fourth-order valence-corrected chi connectivity index (χ4v) is 2.85. The van der Waals surface area contributed by atoms with Crippen molar-refractivity contribution >= 4 is 5.97 Å². The molecule has 114 valence electrons. The minimum Gasteiger partial charge on any atom is -0.478 e. The first-order valence-electron chi connectivity index (χ1n) is 8.35. The molecular weight excluding hydrogens is 248 g/mol. The number of carbonyl (C=O) groups is 1. The molecule has 1 N–H and O–H groups in total. The molecule has 1 unspecified atom stereocenters. The first-order chi connectivity index (χ1) is 9.79. The summed E-state index contributed by atoms with van der Waals surface area (Å²) in [7, 11) is 0. The standard InChI is InChI=1S/C18H30O2/c19-18(20)16-10-8-6-4-2-1-3-5-7-9-13-17-14-11-12-15-17/h10-11,14,16-17H,1-9,12-13,15H2,(H,19,20)/b16-10+. The molecule has 1 atom stereocenters. The number of hydrogen-bond donors (Lipinski definition) is 1. The number of carboxylic acid groups (broad SMARTS) is 1. The van der Waals surface area contributed by atoms with Gasteiger partial charge in [0.2, 0.25) is 0 Å². The molecule has 0 saturated heterocycles. The average Bonchev–Trinajstić information content (AvgIpc) is 2.93. The van der Waals surface area contributed by atoms with Gasteiger partial charge in [0, 0.05) is 6.08 Å². The van der Waals surface area contributed by atoms with Crippen LogP contribution < -0.4 is 0 Å². The Labute approximate surface area is 124 Å². The van der Waals surface area contributed by atoms with Crippen LogP contribution in [-0.4, -0.2) is 11.1 Å². The molecule has 0 fully saturated rings. The molecule has 0 amide bonds. The normalized spacial score (nSPS) is 18.1. The van der Waals surface area contributed by atoms with Crippen molar-refractivity contribution in [1.82, 2.24) is 0 Å². The summed E-state index contributed by atoms with van der Waals surface area (Å²) in [5, 5.41) is 8.44. The van der Waals surface area contributed by atoms with E-state index in [0.717, 1.165) is 18.8 Å². The van der Waals surface area contributed by atoms with Crippen molar-refractivity contribution in [2.24, 2.45) is 5.92 Å². The van der Waals surface area contributed by atoms with E-state index in [1.807, 2.05) is 0 Å². The van der Waals surface area contributed by atoms with Crippen molar-refractivity contribution in [3.05, 3.63) is 24.3 Å². The number of allylic oxidation sites excluding steroid dienone is 3. The van der Waals surface area contributed by atoms with Gasteiger partial charge >= 0.3 is 5.97 Å². The van der Waals surface area contributed by atoms with Gasteiger partial charge in [0.05, 0.1) is 0 Å². The molecule has 1 aliphatic carbocycles. The van der Waals surface area contributed by atoms with E-state index < -0.39 is 5.97 Å². The Hall–Kier alpha value is -1.05. The Kier molecular flexibility index (Phi) is 9.99. The molecular formula is C18H30O2. The van der Waals surface area contributed by atoms with Gasteiger partial charge in [-0.05, 0) is 38.0 Å². The largest absolute Gasteiger partial charge is 0.478 e. The minimum atomic E-state index is -0.835. The van der Waals surface area contributed by atoms with Crippen molar-refractivity contribution in [2.75, 3.05) is 0 Å². The van der Waals surface area contributed by atoms with Gasteiger partial charge < -0.3 is 5.11 Å². The summed E-state index contributed by atoms with van der Waals surface area (Å²) in [5.41, 5.74) is 0. The van der Waals surface area contributed by atoms with Crippen LogP contribution in [0.25, 0.3) is 0 Å². The number of unbranched alkanes of at least 4 members (excludes halogenated alkanes) is 8. The molecule has 0 aliphatic heterocycles. The van der Waals surface area contributed by atoms with Crippen LogP contribution in [0.4, 0.5) is 0 Å². The maximum absolute atomic E-state index is 10.3. The second-order valence-electron chi connectivity index (χ2n) is 5.91. The Morgan fingerprint density at radius 2 is 1.70 bits per heavy atom. The van der Waals surface area contributed by atoms with E-state index in [9.17, 15) is 4.79 Å². The van der Waals surface area contributed by atoms with Gasteiger partial charge in [-0.1, -0.05) is 63.2 Å². The van der Waals surface area contributed by atoms with Gasteiger partial charge in [-0.25, -0.2) is 4.79 Å². The molecule has 2 heteroatoms. The van der Waals surface area contributed by atoms with Crippen molar-refractivity contribution in [2.45, 2.75) is 77.0 Å². The van der Waals surface area contributed by atoms with Crippen molar-refractivity contribution in [3.63, 3.8) is 0 Å². The Morgan fingerprint density at radius 1 is 1.05 bits per heavy atom. The topological polar surface area (TPSA) is 37.3 Å². The van der Waals surface area contributed by atoms with E-state index in [1.165, 1.54) is 70.3 Å². The second kappa shape index (κ2) is 11.7. The van der Waals surface area contributed by atoms with Crippen LogP contribution in [-0.2, 0) is 4.79 Å². The zero-order valence-corrected chi connectivity index (χ0v) is 12.7. The molecule has 0 aromatic heterocycles. The highest BCUT2D eigenvalue weighted by Gasteiger charge is 2.07. The van der Waals surface area contributed by atoms with Crippen LogP contribution in [0.2, 0.25) is 0 Å². The number of carboxylic acids is 1.